The third-order valence-corrected chi connectivity index (χ3v) is 3.74. The van der Waals surface area contributed by atoms with Crippen LogP contribution in [0.5, 0.6) is 0 Å². The number of nitrogens with one attached hydrogen (secondary N) is 1. The lowest BCUT2D eigenvalue weighted by Crippen LogP contribution is -2.55. The highest BCUT2D eigenvalue weighted by Gasteiger charge is 2.36. The van der Waals surface area contributed by atoms with E-state index in [1.807, 2.05) is 25.7 Å². The molecule has 18 heavy (non-hydrogen) atoms. The van der Waals surface area contributed by atoms with Crippen LogP contribution in [0.4, 0.5) is 4.79 Å². The average Bonchev–Trinajstić information content (AvgIpc) is 2.50. The topological polar surface area (TPSA) is 41.6 Å². The van der Waals surface area contributed by atoms with Crippen LogP contribution in [0.2, 0.25) is 0 Å². The van der Waals surface area contributed by atoms with Crippen LogP contribution in [0.3, 0.4) is 0 Å². The van der Waals surface area contributed by atoms with Gasteiger partial charge in [-0.05, 0) is 53.0 Å². The summed E-state index contributed by atoms with van der Waals surface area (Å²) in [4.78, 5) is 14.2. The second kappa shape index (κ2) is 5.47. The summed E-state index contributed by atoms with van der Waals surface area (Å²) in [6.45, 7) is 7.72. The van der Waals surface area contributed by atoms with Crippen molar-refractivity contribution < 1.29 is 9.53 Å². The number of ether oxygens (including phenoxy) is 1. The van der Waals surface area contributed by atoms with Crippen LogP contribution in [0.1, 0.15) is 52.9 Å². The van der Waals surface area contributed by atoms with Gasteiger partial charge in [-0.15, -0.1) is 0 Å². The Bertz CT molecular complexity index is 299. The number of nitrogens with zero attached hydrogens (tertiary/aromatic N) is 1. The molecule has 0 aromatic heterocycles. The largest absolute Gasteiger partial charge is 0.444 e. The first kappa shape index (κ1) is 13.7. The molecule has 2 atom stereocenters. The highest BCUT2D eigenvalue weighted by Crippen LogP contribution is 2.26. The number of carbonyl (C=O) groups excluding carboxylic acids is 1. The molecule has 2 saturated heterocycles. The van der Waals surface area contributed by atoms with E-state index in [0.29, 0.717) is 12.1 Å². The highest BCUT2D eigenvalue weighted by atomic mass is 16.6. The number of carbonyl (C=O) groups is 1. The van der Waals surface area contributed by atoms with Gasteiger partial charge in [-0.1, -0.05) is 6.42 Å². The summed E-state index contributed by atoms with van der Waals surface area (Å²) in [6, 6.07) is 0.796. The van der Waals surface area contributed by atoms with E-state index >= 15 is 0 Å². The summed E-state index contributed by atoms with van der Waals surface area (Å²) in [7, 11) is 0. The van der Waals surface area contributed by atoms with Crippen LogP contribution in [-0.4, -0.2) is 41.8 Å². The number of hydrogen-bond donors (Lipinski definition) is 1. The first-order valence-corrected chi connectivity index (χ1v) is 7.20. The third kappa shape index (κ3) is 3.37. The van der Waals surface area contributed by atoms with Crippen molar-refractivity contribution in [2.45, 2.75) is 70.6 Å². The molecule has 0 aromatic carbocycles. The summed E-state index contributed by atoms with van der Waals surface area (Å²) in [5, 5.41) is 3.58. The van der Waals surface area contributed by atoms with Crippen molar-refractivity contribution in [3.05, 3.63) is 0 Å². The van der Waals surface area contributed by atoms with Crippen LogP contribution < -0.4 is 5.32 Å². The van der Waals surface area contributed by atoms with E-state index in [9.17, 15) is 4.79 Å². The molecule has 104 valence electrons. The molecule has 0 spiro atoms. The van der Waals surface area contributed by atoms with Crippen molar-refractivity contribution in [3.63, 3.8) is 0 Å². The second-order valence-corrected chi connectivity index (χ2v) is 6.44. The number of rotatable bonds is 0. The number of likely N-dealkylation sites (tertiary alicyclic amines) is 1. The molecular formula is C14H26N2O2. The molecule has 4 heteroatoms. The SMILES string of the molecule is CC(C)(C)OC(=O)N1CCC[C@H]2NCCCC[C@@H]21. The number of piperidine rings is 1. The zero-order valence-electron chi connectivity index (χ0n) is 11.9. The lowest BCUT2D eigenvalue weighted by molar-refractivity contribution is 0.00433. The van der Waals surface area contributed by atoms with Gasteiger partial charge in [0, 0.05) is 12.6 Å². The summed E-state index contributed by atoms with van der Waals surface area (Å²) < 4.78 is 5.53. The maximum atomic E-state index is 12.3. The zero-order valence-corrected chi connectivity index (χ0v) is 11.9. The van der Waals surface area contributed by atoms with Crippen LogP contribution in [0, 0.1) is 0 Å². The van der Waals surface area contributed by atoms with Crippen molar-refractivity contribution in [1.29, 1.82) is 0 Å². The molecule has 2 heterocycles. The van der Waals surface area contributed by atoms with Crippen molar-refractivity contribution in [2.24, 2.45) is 0 Å². The molecule has 1 amide bonds. The van der Waals surface area contributed by atoms with Gasteiger partial charge in [0.05, 0.1) is 6.04 Å². The van der Waals surface area contributed by atoms with Crippen LogP contribution >= 0.6 is 0 Å². The maximum Gasteiger partial charge on any atom is 0.410 e. The minimum atomic E-state index is -0.401. The zero-order chi connectivity index (χ0) is 13.2. The minimum Gasteiger partial charge on any atom is -0.444 e. The molecule has 0 radical (unpaired) electrons. The van der Waals surface area contributed by atoms with Crippen LogP contribution in [0.15, 0.2) is 0 Å². The lowest BCUT2D eigenvalue weighted by Gasteiger charge is -2.41. The van der Waals surface area contributed by atoms with E-state index in [4.69, 9.17) is 4.74 Å². The molecular weight excluding hydrogens is 228 g/mol. The standard InChI is InChI=1S/C14H26N2O2/c1-14(2,3)18-13(17)16-10-6-7-11-12(16)8-4-5-9-15-11/h11-12,15H,4-10H2,1-3H3/t11-,12+/m1/s1. The quantitative estimate of drug-likeness (QED) is 0.722. The van der Waals surface area contributed by atoms with Crippen LogP contribution in [-0.2, 0) is 4.74 Å². The van der Waals surface area contributed by atoms with Gasteiger partial charge in [0.25, 0.3) is 0 Å². The van der Waals surface area contributed by atoms with E-state index in [2.05, 4.69) is 5.32 Å². The normalized spacial score (nSPS) is 29.4. The fourth-order valence-electron chi connectivity index (χ4n) is 2.97. The Labute approximate surface area is 110 Å². The Morgan fingerprint density at radius 3 is 2.72 bits per heavy atom. The van der Waals surface area contributed by atoms with Crippen molar-refractivity contribution in [2.75, 3.05) is 13.1 Å². The molecule has 0 unspecified atom stereocenters. The average molecular weight is 254 g/mol. The van der Waals surface area contributed by atoms with Gasteiger partial charge in [0.2, 0.25) is 0 Å². The van der Waals surface area contributed by atoms with E-state index in [-0.39, 0.29) is 6.09 Å². The number of hydrogen-bond acceptors (Lipinski definition) is 3. The van der Waals surface area contributed by atoms with Gasteiger partial charge in [0.15, 0.2) is 0 Å². The Hall–Kier alpha value is -0.770. The number of amides is 1. The Morgan fingerprint density at radius 1 is 1.22 bits per heavy atom. The Kier molecular flexibility index (Phi) is 4.15. The summed E-state index contributed by atoms with van der Waals surface area (Å²) >= 11 is 0. The summed E-state index contributed by atoms with van der Waals surface area (Å²) in [5.74, 6) is 0. The Balaban J connectivity index is 2.03. The lowest BCUT2D eigenvalue weighted by atomic mass is 9.94. The van der Waals surface area contributed by atoms with Gasteiger partial charge in [-0.2, -0.15) is 0 Å². The molecule has 0 aromatic rings. The Morgan fingerprint density at radius 2 is 2.00 bits per heavy atom. The molecule has 0 saturated carbocycles. The van der Waals surface area contributed by atoms with E-state index in [1.54, 1.807) is 0 Å². The predicted octanol–water partition coefficient (Wildman–Crippen LogP) is 2.53. The maximum absolute atomic E-state index is 12.3. The van der Waals surface area contributed by atoms with Crippen molar-refractivity contribution >= 4 is 6.09 Å². The number of fused-ring (bicyclic) bond motifs is 1. The predicted molar refractivity (Wildman–Crippen MR) is 71.6 cm³/mol. The molecule has 0 bridgehead atoms. The first-order valence-electron chi connectivity index (χ1n) is 7.20. The molecule has 2 fully saturated rings. The second-order valence-electron chi connectivity index (χ2n) is 6.44. The van der Waals surface area contributed by atoms with Gasteiger partial charge in [-0.25, -0.2) is 4.79 Å². The van der Waals surface area contributed by atoms with Crippen molar-refractivity contribution in [3.8, 4) is 0 Å². The van der Waals surface area contributed by atoms with Gasteiger partial charge in [-0.3, -0.25) is 0 Å². The molecule has 2 aliphatic rings. The fraction of sp³-hybridized carbons (Fsp3) is 0.929. The van der Waals surface area contributed by atoms with Gasteiger partial charge in [0.1, 0.15) is 5.60 Å². The minimum absolute atomic E-state index is 0.138. The highest BCUT2D eigenvalue weighted by molar-refractivity contribution is 5.68. The summed E-state index contributed by atoms with van der Waals surface area (Å²) in [6.07, 6.45) is 5.65. The molecule has 2 rings (SSSR count). The van der Waals surface area contributed by atoms with E-state index in [1.165, 1.54) is 19.3 Å². The summed E-state index contributed by atoms with van der Waals surface area (Å²) in [5.41, 5.74) is -0.401. The monoisotopic (exact) mass is 254 g/mol. The molecule has 0 aliphatic carbocycles. The third-order valence-electron chi connectivity index (χ3n) is 3.74. The molecule has 1 N–H and O–H groups in total. The van der Waals surface area contributed by atoms with Gasteiger partial charge >= 0.3 is 6.09 Å². The first-order chi connectivity index (χ1) is 8.47. The van der Waals surface area contributed by atoms with E-state index in [0.717, 1.165) is 25.9 Å². The fourth-order valence-corrected chi connectivity index (χ4v) is 2.97. The van der Waals surface area contributed by atoms with Crippen LogP contribution in [0.25, 0.3) is 0 Å². The molecule has 2 aliphatic heterocycles. The van der Waals surface area contributed by atoms with Gasteiger partial charge < -0.3 is 15.0 Å². The smallest absolute Gasteiger partial charge is 0.410 e. The molecule has 4 nitrogen and oxygen atoms in total. The van der Waals surface area contributed by atoms with Crippen molar-refractivity contribution in [1.82, 2.24) is 10.2 Å². The van der Waals surface area contributed by atoms with E-state index < -0.39 is 5.60 Å².